The summed E-state index contributed by atoms with van der Waals surface area (Å²) in [5.41, 5.74) is 4.51. The van der Waals surface area contributed by atoms with E-state index in [-0.39, 0.29) is 18.5 Å². The summed E-state index contributed by atoms with van der Waals surface area (Å²) in [7, 11) is 1.72. The first kappa shape index (κ1) is 19.7. The van der Waals surface area contributed by atoms with Gasteiger partial charge in [-0.15, -0.1) is 0 Å². The minimum Gasteiger partial charge on any atom is -0.456 e. The van der Waals surface area contributed by atoms with E-state index < -0.39 is 0 Å². The molecule has 0 aliphatic carbocycles. The summed E-state index contributed by atoms with van der Waals surface area (Å²) in [6.45, 7) is 2.30. The van der Waals surface area contributed by atoms with E-state index in [1.54, 1.807) is 11.9 Å². The highest BCUT2D eigenvalue weighted by molar-refractivity contribution is 5.83. The Morgan fingerprint density at radius 3 is 2.61 bits per heavy atom. The second-order valence-electron chi connectivity index (χ2n) is 7.05. The fourth-order valence-corrected chi connectivity index (χ4v) is 3.22. The molecule has 0 radical (unpaired) electrons. The van der Waals surface area contributed by atoms with Gasteiger partial charge >= 0.3 is 5.97 Å². The average Bonchev–Trinajstić information content (AvgIpc) is 3.11. The van der Waals surface area contributed by atoms with Crippen molar-refractivity contribution in [1.29, 1.82) is 0 Å². The molecule has 0 aliphatic heterocycles. The van der Waals surface area contributed by atoms with Crippen molar-refractivity contribution in [3.63, 3.8) is 0 Å². The first-order chi connectivity index (χ1) is 13.5. The molecular formula is C23H26N2O3. The number of H-pyrrole nitrogens is 1. The number of rotatable bonds is 8. The second-order valence-corrected chi connectivity index (χ2v) is 7.05. The van der Waals surface area contributed by atoms with Crippen LogP contribution in [0.5, 0.6) is 0 Å². The summed E-state index contributed by atoms with van der Waals surface area (Å²) in [5, 5.41) is 1.18. The molecule has 1 N–H and O–H groups in total. The predicted octanol–water partition coefficient (Wildman–Crippen LogP) is 4.00. The third-order valence-corrected chi connectivity index (χ3v) is 4.95. The molecular weight excluding hydrogens is 352 g/mol. The average molecular weight is 378 g/mol. The molecule has 3 aromatic rings. The number of carbonyl (C=O) groups excluding carboxylic acids is 2. The third kappa shape index (κ3) is 5.00. The molecule has 28 heavy (non-hydrogen) atoms. The van der Waals surface area contributed by atoms with Crippen molar-refractivity contribution in [3.8, 4) is 0 Å². The van der Waals surface area contributed by atoms with Crippen LogP contribution in [0.15, 0.2) is 54.7 Å². The lowest BCUT2D eigenvalue weighted by Gasteiger charge is -2.18. The molecule has 0 atom stereocenters. The first-order valence-corrected chi connectivity index (χ1v) is 9.53. The van der Waals surface area contributed by atoms with E-state index in [4.69, 9.17) is 4.74 Å². The summed E-state index contributed by atoms with van der Waals surface area (Å²) < 4.78 is 5.16. The van der Waals surface area contributed by atoms with Crippen LogP contribution in [0.4, 0.5) is 0 Å². The van der Waals surface area contributed by atoms with Gasteiger partial charge < -0.3 is 14.6 Å². The number of aromatic amines is 1. The minimum absolute atomic E-state index is 0.201. The van der Waals surface area contributed by atoms with Crippen molar-refractivity contribution in [3.05, 3.63) is 71.4 Å². The molecule has 0 saturated carbocycles. The van der Waals surface area contributed by atoms with E-state index in [1.807, 2.05) is 55.6 Å². The second kappa shape index (κ2) is 9.22. The van der Waals surface area contributed by atoms with E-state index in [9.17, 15) is 9.59 Å². The Bertz CT molecular complexity index is 961. The lowest BCUT2D eigenvalue weighted by atomic mass is 10.1. The molecule has 0 spiro atoms. The number of aryl methyl sites for hydroxylation is 2. The number of nitrogens with one attached hydrogen (secondary N) is 1. The van der Waals surface area contributed by atoms with Gasteiger partial charge in [-0.1, -0.05) is 42.5 Å². The quantitative estimate of drug-likeness (QED) is 0.603. The molecule has 146 valence electrons. The molecule has 0 saturated heterocycles. The summed E-state index contributed by atoms with van der Waals surface area (Å²) in [4.78, 5) is 29.0. The van der Waals surface area contributed by atoms with Crippen LogP contribution < -0.4 is 0 Å². The van der Waals surface area contributed by atoms with E-state index in [0.717, 1.165) is 23.1 Å². The molecule has 1 aromatic heterocycles. The molecule has 0 unspecified atom stereocenters. The molecule has 0 aliphatic rings. The van der Waals surface area contributed by atoms with Crippen molar-refractivity contribution in [2.24, 2.45) is 0 Å². The first-order valence-electron chi connectivity index (χ1n) is 9.53. The number of hydrogen-bond donors (Lipinski definition) is 1. The molecule has 1 amide bonds. The van der Waals surface area contributed by atoms with Gasteiger partial charge in [-0.2, -0.15) is 0 Å². The zero-order valence-electron chi connectivity index (χ0n) is 16.4. The fraction of sp³-hybridized carbons (Fsp3) is 0.304. The standard InChI is InChI=1S/C23H26N2O3/c1-17-8-3-4-9-19(17)15-25(2)22(26)16-28-23(27)13-7-10-18-14-24-21-12-6-5-11-20(18)21/h3-6,8-9,11-12,14,24H,7,10,13,15-16H2,1-2H3. The number of ether oxygens (including phenoxy) is 1. The number of nitrogens with zero attached hydrogens (tertiary/aromatic N) is 1. The van der Waals surface area contributed by atoms with Gasteiger partial charge in [0.25, 0.3) is 5.91 Å². The fourth-order valence-electron chi connectivity index (χ4n) is 3.22. The Labute approximate surface area is 165 Å². The summed E-state index contributed by atoms with van der Waals surface area (Å²) in [5.74, 6) is -0.536. The summed E-state index contributed by atoms with van der Waals surface area (Å²) in [6, 6.07) is 16.0. The van der Waals surface area contributed by atoms with Crippen molar-refractivity contribution in [2.75, 3.05) is 13.7 Å². The number of fused-ring (bicyclic) bond motifs is 1. The number of aromatic nitrogens is 1. The summed E-state index contributed by atoms with van der Waals surface area (Å²) >= 11 is 0. The van der Waals surface area contributed by atoms with Crippen LogP contribution in [-0.2, 0) is 27.3 Å². The van der Waals surface area contributed by atoms with Crippen molar-refractivity contribution in [2.45, 2.75) is 32.7 Å². The number of likely N-dealkylation sites (N-methyl/N-ethyl adjacent to an activating group) is 1. The van der Waals surface area contributed by atoms with Crippen molar-refractivity contribution < 1.29 is 14.3 Å². The topological polar surface area (TPSA) is 62.4 Å². The normalized spacial score (nSPS) is 10.8. The van der Waals surface area contributed by atoms with Gasteiger partial charge in [0, 0.05) is 37.1 Å². The van der Waals surface area contributed by atoms with E-state index in [0.29, 0.717) is 19.4 Å². The Morgan fingerprint density at radius 2 is 1.79 bits per heavy atom. The molecule has 1 heterocycles. The zero-order chi connectivity index (χ0) is 19.9. The lowest BCUT2D eigenvalue weighted by Crippen LogP contribution is -2.31. The summed E-state index contributed by atoms with van der Waals surface area (Å²) in [6.07, 6.45) is 3.77. The number of amides is 1. The van der Waals surface area contributed by atoms with Crippen molar-refractivity contribution >= 4 is 22.8 Å². The van der Waals surface area contributed by atoms with Gasteiger partial charge in [0.05, 0.1) is 0 Å². The van der Waals surface area contributed by atoms with E-state index in [1.165, 1.54) is 10.9 Å². The van der Waals surface area contributed by atoms with Crippen LogP contribution in [0.2, 0.25) is 0 Å². The van der Waals surface area contributed by atoms with Crippen LogP contribution in [0.25, 0.3) is 10.9 Å². The Hall–Kier alpha value is -3.08. The molecule has 0 bridgehead atoms. The van der Waals surface area contributed by atoms with Crippen LogP contribution in [0, 0.1) is 6.92 Å². The third-order valence-electron chi connectivity index (χ3n) is 4.95. The Kier molecular flexibility index (Phi) is 6.48. The Morgan fingerprint density at radius 1 is 1.04 bits per heavy atom. The number of hydrogen-bond acceptors (Lipinski definition) is 3. The lowest BCUT2D eigenvalue weighted by molar-refractivity contribution is -0.151. The highest BCUT2D eigenvalue weighted by Gasteiger charge is 2.13. The van der Waals surface area contributed by atoms with Crippen LogP contribution in [-0.4, -0.2) is 35.4 Å². The smallest absolute Gasteiger partial charge is 0.306 e. The highest BCUT2D eigenvalue weighted by Crippen LogP contribution is 2.19. The van der Waals surface area contributed by atoms with Gasteiger partial charge in [0.15, 0.2) is 6.61 Å². The zero-order valence-corrected chi connectivity index (χ0v) is 16.4. The number of esters is 1. The van der Waals surface area contributed by atoms with Gasteiger partial charge in [-0.25, -0.2) is 0 Å². The monoisotopic (exact) mass is 378 g/mol. The van der Waals surface area contributed by atoms with Crippen LogP contribution >= 0.6 is 0 Å². The van der Waals surface area contributed by atoms with Gasteiger partial charge in [-0.05, 0) is 42.5 Å². The number of benzene rings is 2. The largest absolute Gasteiger partial charge is 0.456 e. The number of para-hydroxylation sites is 1. The van der Waals surface area contributed by atoms with Gasteiger partial charge in [0.2, 0.25) is 0 Å². The predicted molar refractivity (Wildman–Crippen MR) is 110 cm³/mol. The molecule has 0 fully saturated rings. The van der Waals surface area contributed by atoms with E-state index in [2.05, 4.69) is 11.1 Å². The maximum atomic E-state index is 12.2. The molecule has 2 aromatic carbocycles. The van der Waals surface area contributed by atoms with Crippen LogP contribution in [0.3, 0.4) is 0 Å². The SMILES string of the molecule is Cc1ccccc1CN(C)C(=O)COC(=O)CCCc1c[nH]c2ccccc12. The Balaban J connectivity index is 1.40. The van der Waals surface area contributed by atoms with Crippen LogP contribution in [0.1, 0.15) is 29.5 Å². The highest BCUT2D eigenvalue weighted by atomic mass is 16.5. The minimum atomic E-state index is -0.336. The van der Waals surface area contributed by atoms with Gasteiger partial charge in [-0.3, -0.25) is 9.59 Å². The molecule has 3 rings (SSSR count). The molecule has 5 nitrogen and oxygen atoms in total. The molecule has 5 heteroatoms. The maximum absolute atomic E-state index is 12.2. The van der Waals surface area contributed by atoms with E-state index >= 15 is 0 Å². The van der Waals surface area contributed by atoms with Gasteiger partial charge in [0.1, 0.15) is 0 Å². The number of carbonyl (C=O) groups is 2. The maximum Gasteiger partial charge on any atom is 0.306 e. The van der Waals surface area contributed by atoms with Crippen molar-refractivity contribution in [1.82, 2.24) is 9.88 Å².